The summed E-state index contributed by atoms with van der Waals surface area (Å²) >= 11 is 1.40. The standard InChI is InChI=1S/C15H20N2O4S/c1-10-5-6-12(22-10)14(19)16(2)9-13(18)17-7-3-4-11(8-17)15(20)21/h5-6,11H,3-4,7-9H2,1-2H3,(H,20,21). The molecule has 1 unspecified atom stereocenters. The van der Waals surface area contributed by atoms with Gasteiger partial charge in [-0.2, -0.15) is 0 Å². The first kappa shape index (κ1) is 16.5. The van der Waals surface area contributed by atoms with Crippen LogP contribution in [-0.2, 0) is 9.59 Å². The van der Waals surface area contributed by atoms with Crippen LogP contribution in [0.4, 0.5) is 0 Å². The van der Waals surface area contributed by atoms with Gasteiger partial charge in [-0.05, 0) is 31.9 Å². The lowest BCUT2D eigenvalue weighted by molar-refractivity contribution is -0.145. The fourth-order valence-electron chi connectivity index (χ4n) is 2.52. The highest BCUT2D eigenvalue weighted by Gasteiger charge is 2.29. The molecule has 0 spiro atoms. The second kappa shape index (κ2) is 6.91. The van der Waals surface area contributed by atoms with Crippen LogP contribution < -0.4 is 0 Å². The van der Waals surface area contributed by atoms with E-state index in [1.54, 1.807) is 18.0 Å². The number of carboxylic acid groups (broad SMARTS) is 1. The topological polar surface area (TPSA) is 77.9 Å². The SMILES string of the molecule is Cc1ccc(C(=O)N(C)CC(=O)N2CCCC(C(=O)O)C2)s1. The molecule has 120 valence electrons. The molecule has 6 nitrogen and oxygen atoms in total. The number of aliphatic carboxylic acids is 1. The van der Waals surface area contributed by atoms with Crippen LogP contribution in [0.2, 0.25) is 0 Å². The minimum atomic E-state index is -0.865. The van der Waals surface area contributed by atoms with Crippen molar-refractivity contribution in [2.75, 3.05) is 26.7 Å². The Hall–Kier alpha value is -1.89. The number of carbonyl (C=O) groups is 3. The van der Waals surface area contributed by atoms with Crippen LogP contribution in [0, 0.1) is 12.8 Å². The van der Waals surface area contributed by atoms with Crippen LogP contribution in [0.3, 0.4) is 0 Å². The normalized spacial score (nSPS) is 18.1. The summed E-state index contributed by atoms with van der Waals surface area (Å²) in [4.78, 5) is 40.1. The number of aryl methyl sites for hydroxylation is 1. The highest BCUT2D eigenvalue weighted by atomic mass is 32.1. The molecule has 2 rings (SSSR count). The number of hydrogen-bond donors (Lipinski definition) is 1. The van der Waals surface area contributed by atoms with Crippen molar-refractivity contribution < 1.29 is 19.5 Å². The van der Waals surface area contributed by atoms with E-state index in [0.717, 1.165) is 4.88 Å². The number of carboxylic acids is 1. The number of nitrogens with zero attached hydrogens (tertiary/aromatic N) is 2. The smallest absolute Gasteiger partial charge is 0.308 e. The highest BCUT2D eigenvalue weighted by molar-refractivity contribution is 7.13. The molecular weight excluding hydrogens is 304 g/mol. The summed E-state index contributed by atoms with van der Waals surface area (Å²) in [6.07, 6.45) is 1.28. The average Bonchev–Trinajstić information content (AvgIpc) is 2.93. The third-order valence-electron chi connectivity index (χ3n) is 3.79. The molecule has 1 N–H and O–H groups in total. The number of carbonyl (C=O) groups excluding carboxylic acids is 2. The Morgan fingerprint density at radius 1 is 1.41 bits per heavy atom. The number of likely N-dealkylation sites (N-methyl/N-ethyl adjacent to an activating group) is 1. The maximum Gasteiger partial charge on any atom is 0.308 e. The molecule has 1 aliphatic heterocycles. The second-order valence-corrected chi connectivity index (χ2v) is 6.88. The maximum absolute atomic E-state index is 12.3. The molecule has 2 heterocycles. The van der Waals surface area contributed by atoms with Gasteiger partial charge in [-0.3, -0.25) is 14.4 Å². The van der Waals surface area contributed by atoms with E-state index in [4.69, 9.17) is 5.11 Å². The zero-order valence-electron chi connectivity index (χ0n) is 12.7. The summed E-state index contributed by atoms with van der Waals surface area (Å²) in [5.41, 5.74) is 0. The number of thiophene rings is 1. The van der Waals surface area contributed by atoms with E-state index < -0.39 is 11.9 Å². The Kier molecular flexibility index (Phi) is 5.18. The predicted octanol–water partition coefficient (Wildman–Crippen LogP) is 1.45. The van der Waals surface area contributed by atoms with Gasteiger partial charge < -0.3 is 14.9 Å². The van der Waals surface area contributed by atoms with Gasteiger partial charge in [0.25, 0.3) is 5.91 Å². The molecule has 0 bridgehead atoms. The summed E-state index contributed by atoms with van der Waals surface area (Å²) in [7, 11) is 1.59. The predicted molar refractivity (Wildman–Crippen MR) is 83.0 cm³/mol. The molecule has 1 aromatic heterocycles. The highest BCUT2D eigenvalue weighted by Crippen LogP contribution is 2.18. The Morgan fingerprint density at radius 3 is 2.73 bits per heavy atom. The van der Waals surface area contributed by atoms with E-state index >= 15 is 0 Å². The van der Waals surface area contributed by atoms with E-state index in [0.29, 0.717) is 24.3 Å². The number of likely N-dealkylation sites (tertiary alicyclic amines) is 1. The molecule has 0 radical (unpaired) electrons. The lowest BCUT2D eigenvalue weighted by Crippen LogP contribution is -2.46. The van der Waals surface area contributed by atoms with E-state index in [9.17, 15) is 14.4 Å². The zero-order chi connectivity index (χ0) is 16.3. The monoisotopic (exact) mass is 324 g/mol. The zero-order valence-corrected chi connectivity index (χ0v) is 13.6. The first-order valence-corrected chi connectivity index (χ1v) is 8.02. The number of piperidine rings is 1. The molecule has 1 fully saturated rings. The minimum absolute atomic E-state index is 0.0257. The van der Waals surface area contributed by atoms with E-state index in [1.165, 1.54) is 16.2 Å². The van der Waals surface area contributed by atoms with Crippen LogP contribution >= 0.6 is 11.3 Å². The maximum atomic E-state index is 12.3. The van der Waals surface area contributed by atoms with Gasteiger partial charge in [0, 0.05) is 25.0 Å². The fourth-order valence-corrected chi connectivity index (χ4v) is 3.38. The molecule has 1 aliphatic rings. The molecule has 1 saturated heterocycles. The molecule has 7 heteroatoms. The van der Waals surface area contributed by atoms with Gasteiger partial charge in [0.15, 0.2) is 0 Å². The van der Waals surface area contributed by atoms with Crippen molar-refractivity contribution >= 4 is 29.1 Å². The number of hydrogen-bond acceptors (Lipinski definition) is 4. The Labute approximate surface area is 133 Å². The van der Waals surface area contributed by atoms with Crippen molar-refractivity contribution in [3.05, 3.63) is 21.9 Å². The van der Waals surface area contributed by atoms with Crippen LogP contribution in [-0.4, -0.2) is 59.4 Å². The quantitative estimate of drug-likeness (QED) is 0.909. The molecule has 1 aromatic rings. The minimum Gasteiger partial charge on any atom is -0.481 e. The second-order valence-electron chi connectivity index (χ2n) is 5.59. The van der Waals surface area contributed by atoms with Crippen molar-refractivity contribution in [3.63, 3.8) is 0 Å². The van der Waals surface area contributed by atoms with E-state index in [-0.39, 0.29) is 24.9 Å². The number of amides is 2. The number of rotatable bonds is 4. The van der Waals surface area contributed by atoms with Crippen molar-refractivity contribution in [1.82, 2.24) is 9.80 Å². The lowest BCUT2D eigenvalue weighted by Gasteiger charge is -2.31. The van der Waals surface area contributed by atoms with Crippen LogP contribution in [0.25, 0.3) is 0 Å². The summed E-state index contributed by atoms with van der Waals surface area (Å²) in [6.45, 7) is 2.69. The van der Waals surface area contributed by atoms with Crippen LogP contribution in [0.5, 0.6) is 0 Å². The molecule has 0 saturated carbocycles. The van der Waals surface area contributed by atoms with Gasteiger partial charge in [0.05, 0.1) is 17.3 Å². The Morgan fingerprint density at radius 2 is 2.14 bits per heavy atom. The molecular formula is C15H20N2O4S. The first-order valence-electron chi connectivity index (χ1n) is 7.21. The average molecular weight is 324 g/mol. The van der Waals surface area contributed by atoms with Gasteiger partial charge in [-0.25, -0.2) is 0 Å². The summed E-state index contributed by atoms with van der Waals surface area (Å²) in [6, 6.07) is 3.63. The molecule has 0 aliphatic carbocycles. The lowest BCUT2D eigenvalue weighted by atomic mass is 9.98. The van der Waals surface area contributed by atoms with Gasteiger partial charge in [-0.15, -0.1) is 11.3 Å². The summed E-state index contributed by atoms with van der Waals surface area (Å²) < 4.78 is 0. The molecule has 0 aromatic carbocycles. The third-order valence-corrected chi connectivity index (χ3v) is 4.78. The summed E-state index contributed by atoms with van der Waals surface area (Å²) in [5, 5.41) is 9.06. The third kappa shape index (κ3) is 3.85. The van der Waals surface area contributed by atoms with Crippen molar-refractivity contribution in [1.29, 1.82) is 0 Å². The van der Waals surface area contributed by atoms with Gasteiger partial charge in [-0.1, -0.05) is 0 Å². The van der Waals surface area contributed by atoms with Crippen molar-refractivity contribution in [3.8, 4) is 0 Å². The largest absolute Gasteiger partial charge is 0.481 e. The van der Waals surface area contributed by atoms with Gasteiger partial charge in [0.2, 0.25) is 5.91 Å². The molecule has 2 amide bonds. The molecule has 22 heavy (non-hydrogen) atoms. The van der Waals surface area contributed by atoms with Crippen LogP contribution in [0.1, 0.15) is 27.4 Å². The van der Waals surface area contributed by atoms with Gasteiger partial charge >= 0.3 is 5.97 Å². The Bertz CT molecular complexity index is 584. The van der Waals surface area contributed by atoms with Crippen LogP contribution in [0.15, 0.2) is 12.1 Å². The van der Waals surface area contributed by atoms with Gasteiger partial charge in [0.1, 0.15) is 0 Å². The van der Waals surface area contributed by atoms with E-state index in [2.05, 4.69) is 0 Å². The first-order chi connectivity index (χ1) is 10.4. The Balaban J connectivity index is 1.93. The van der Waals surface area contributed by atoms with E-state index in [1.807, 2.05) is 13.0 Å². The fraction of sp³-hybridized carbons (Fsp3) is 0.533. The summed E-state index contributed by atoms with van der Waals surface area (Å²) in [5.74, 6) is -1.75. The van der Waals surface area contributed by atoms with Crippen molar-refractivity contribution in [2.24, 2.45) is 5.92 Å². The van der Waals surface area contributed by atoms with Crippen molar-refractivity contribution in [2.45, 2.75) is 19.8 Å². The molecule has 1 atom stereocenters.